The Morgan fingerprint density at radius 1 is 1.42 bits per heavy atom. The molecule has 0 aliphatic rings. The lowest BCUT2D eigenvalue weighted by molar-refractivity contribution is -0.137. The van der Waals surface area contributed by atoms with Crippen LogP contribution >= 0.6 is 0 Å². The molecule has 0 atom stereocenters. The first-order valence-electron chi connectivity index (χ1n) is 5.24. The zero-order valence-electron chi connectivity index (χ0n) is 10.0. The van der Waals surface area contributed by atoms with Crippen LogP contribution in [-0.4, -0.2) is 13.7 Å². The number of nitrogens with zero attached hydrogens (tertiary/aromatic N) is 3. The predicted molar refractivity (Wildman–Crippen MR) is 63.5 cm³/mol. The van der Waals surface area contributed by atoms with Gasteiger partial charge in [0.05, 0.1) is 18.2 Å². The highest BCUT2D eigenvalue weighted by molar-refractivity contribution is 5.48. The number of hydrogen-bond donors (Lipinski definition) is 0. The summed E-state index contributed by atoms with van der Waals surface area (Å²) in [5, 5.41) is 3.29. The van der Waals surface area contributed by atoms with Gasteiger partial charge in [-0.2, -0.15) is 13.2 Å². The van der Waals surface area contributed by atoms with Crippen molar-refractivity contribution in [2.24, 2.45) is 5.11 Å². The third-order valence-electron chi connectivity index (χ3n) is 2.15. The number of ether oxygens (including phenoxy) is 1. The minimum Gasteiger partial charge on any atom is -0.495 e. The number of halogens is 3. The average molecular weight is 269 g/mol. The smallest absolute Gasteiger partial charge is 0.416 e. The summed E-state index contributed by atoms with van der Waals surface area (Å²) in [5.74, 6) is 5.43. The SMILES string of the molecule is COc1cc(C(F)(F)F)ccc1C#CCCN=[N+]=[N-]. The summed E-state index contributed by atoms with van der Waals surface area (Å²) >= 11 is 0. The summed E-state index contributed by atoms with van der Waals surface area (Å²) < 4.78 is 42.3. The highest BCUT2D eigenvalue weighted by Crippen LogP contribution is 2.32. The van der Waals surface area contributed by atoms with E-state index in [-0.39, 0.29) is 12.3 Å². The molecule has 0 N–H and O–H groups in total. The third-order valence-corrected chi connectivity index (χ3v) is 2.15. The molecule has 0 fully saturated rings. The molecule has 0 heterocycles. The van der Waals surface area contributed by atoms with Crippen LogP contribution in [0.15, 0.2) is 23.3 Å². The lowest BCUT2D eigenvalue weighted by atomic mass is 10.1. The van der Waals surface area contributed by atoms with Crippen LogP contribution in [0, 0.1) is 11.8 Å². The van der Waals surface area contributed by atoms with Gasteiger partial charge in [0.15, 0.2) is 0 Å². The quantitative estimate of drug-likeness (QED) is 0.271. The molecule has 100 valence electrons. The fourth-order valence-electron chi connectivity index (χ4n) is 1.28. The topological polar surface area (TPSA) is 58.0 Å². The van der Waals surface area contributed by atoms with Gasteiger partial charge in [-0.25, -0.2) is 0 Å². The molecule has 1 rings (SSSR count). The molecule has 0 unspecified atom stereocenters. The van der Waals surface area contributed by atoms with Gasteiger partial charge in [0.2, 0.25) is 0 Å². The number of hydrogen-bond acceptors (Lipinski definition) is 2. The Kier molecular flexibility index (Phi) is 5.10. The van der Waals surface area contributed by atoms with Crippen molar-refractivity contribution >= 4 is 0 Å². The van der Waals surface area contributed by atoms with E-state index in [1.807, 2.05) is 0 Å². The van der Waals surface area contributed by atoms with Gasteiger partial charge in [0.1, 0.15) is 5.75 Å². The Labute approximate surface area is 107 Å². The van der Waals surface area contributed by atoms with E-state index < -0.39 is 11.7 Å². The summed E-state index contributed by atoms with van der Waals surface area (Å²) in [4.78, 5) is 2.56. The van der Waals surface area contributed by atoms with Crippen molar-refractivity contribution in [1.82, 2.24) is 0 Å². The van der Waals surface area contributed by atoms with Crippen molar-refractivity contribution in [3.63, 3.8) is 0 Å². The van der Waals surface area contributed by atoms with Gasteiger partial charge in [-0.3, -0.25) is 0 Å². The zero-order chi connectivity index (χ0) is 14.3. The fraction of sp³-hybridized carbons (Fsp3) is 0.333. The van der Waals surface area contributed by atoms with Crippen molar-refractivity contribution in [3.8, 4) is 17.6 Å². The van der Waals surface area contributed by atoms with E-state index in [4.69, 9.17) is 10.3 Å². The molecule has 0 aliphatic heterocycles. The largest absolute Gasteiger partial charge is 0.495 e. The first-order valence-corrected chi connectivity index (χ1v) is 5.24. The fourth-order valence-corrected chi connectivity index (χ4v) is 1.28. The molecule has 19 heavy (non-hydrogen) atoms. The van der Waals surface area contributed by atoms with Crippen LogP contribution in [0.1, 0.15) is 17.5 Å². The van der Waals surface area contributed by atoms with E-state index in [9.17, 15) is 13.2 Å². The molecule has 0 aromatic heterocycles. The van der Waals surface area contributed by atoms with Crippen LogP contribution in [0.25, 0.3) is 10.4 Å². The van der Waals surface area contributed by atoms with Gasteiger partial charge in [-0.15, -0.1) is 0 Å². The van der Waals surface area contributed by atoms with Gasteiger partial charge in [-0.05, 0) is 23.7 Å². The first-order chi connectivity index (χ1) is 8.99. The van der Waals surface area contributed by atoms with E-state index in [2.05, 4.69) is 21.9 Å². The van der Waals surface area contributed by atoms with Gasteiger partial charge >= 0.3 is 6.18 Å². The predicted octanol–water partition coefficient (Wildman–Crippen LogP) is 3.77. The molecule has 0 amide bonds. The number of azide groups is 1. The highest BCUT2D eigenvalue weighted by atomic mass is 19.4. The number of rotatable bonds is 3. The molecule has 0 spiro atoms. The second kappa shape index (κ2) is 6.57. The van der Waals surface area contributed by atoms with Gasteiger partial charge in [-0.1, -0.05) is 17.0 Å². The summed E-state index contributed by atoms with van der Waals surface area (Å²) in [6.07, 6.45) is -4.09. The minimum absolute atomic E-state index is 0.0612. The van der Waals surface area contributed by atoms with Crippen LogP contribution < -0.4 is 4.74 Å². The summed E-state index contributed by atoms with van der Waals surface area (Å²) in [6.45, 7) is 0.215. The molecule has 0 bridgehead atoms. The molecule has 1 aromatic rings. The molecule has 4 nitrogen and oxygen atoms in total. The van der Waals surface area contributed by atoms with E-state index in [0.717, 1.165) is 12.1 Å². The Morgan fingerprint density at radius 2 is 2.16 bits per heavy atom. The average Bonchev–Trinajstić information content (AvgIpc) is 2.37. The van der Waals surface area contributed by atoms with Crippen LogP contribution in [0.4, 0.5) is 13.2 Å². The lowest BCUT2D eigenvalue weighted by Crippen LogP contribution is -2.05. The van der Waals surface area contributed by atoms with E-state index in [1.165, 1.54) is 13.2 Å². The second-order valence-electron chi connectivity index (χ2n) is 3.42. The first kappa shape index (κ1) is 14.7. The van der Waals surface area contributed by atoms with Crippen LogP contribution in [0.5, 0.6) is 5.75 Å². The van der Waals surface area contributed by atoms with Crippen molar-refractivity contribution in [3.05, 3.63) is 39.8 Å². The second-order valence-corrected chi connectivity index (χ2v) is 3.42. The molecular weight excluding hydrogens is 259 g/mol. The molecule has 1 aromatic carbocycles. The molecule has 0 radical (unpaired) electrons. The van der Waals surface area contributed by atoms with Crippen molar-refractivity contribution in [2.75, 3.05) is 13.7 Å². The maximum absolute atomic E-state index is 12.5. The van der Waals surface area contributed by atoms with Crippen LogP contribution in [0.2, 0.25) is 0 Å². The van der Waals surface area contributed by atoms with Crippen molar-refractivity contribution in [2.45, 2.75) is 12.6 Å². The maximum Gasteiger partial charge on any atom is 0.416 e. The Hall–Kier alpha value is -2.32. The van der Waals surface area contributed by atoms with Gasteiger partial charge in [0, 0.05) is 17.9 Å². The number of benzene rings is 1. The Morgan fingerprint density at radius 3 is 2.74 bits per heavy atom. The summed E-state index contributed by atoms with van der Waals surface area (Å²) in [7, 11) is 1.28. The van der Waals surface area contributed by atoms with E-state index in [1.54, 1.807) is 0 Å². The van der Waals surface area contributed by atoms with E-state index >= 15 is 0 Å². The van der Waals surface area contributed by atoms with Crippen LogP contribution in [0.3, 0.4) is 0 Å². The van der Waals surface area contributed by atoms with Gasteiger partial charge in [0.25, 0.3) is 0 Å². The standard InChI is InChI=1S/C12H10F3N3O/c1-19-11-8-10(12(13,14)15)6-5-9(11)4-2-3-7-17-18-16/h5-6,8H,3,7H2,1H3. The monoisotopic (exact) mass is 269 g/mol. The zero-order valence-corrected chi connectivity index (χ0v) is 10.0. The summed E-state index contributed by atoms with van der Waals surface area (Å²) in [5.41, 5.74) is 7.63. The number of alkyl halides is 3. The lowest BCUT2D eigenvalue weighted by Gasteiger charge is -2.09. The van der Waals surface area contributed by atoms with Crippen LogP contribution in [-0.2, 0) is 6.18 Å². The highest BCUT2D eigenvalue weighted by Gasteiger charge is 2.31. The van der Waals surface area contributed by atoms with E-state index in [0.29, 0.717) is 12.0 Å². The normalized spacial score (nSPS) is 10.1. The van der Waals surface area contributed by atoms with Crippen molar-refractivity contribution < 1.29 is 17.9 Å². The maximum atomic E-state index is 12.5. The summed E-state index contributed by atoms with van der Waals surface area (Å²) in [6, 6.07) is 3.10. The number of methoxy groups -OCH3 is 1. The van der Waals surface area contributed by atoms with Gasteiger partial charge < -0.3 is 4.74 Å². The molecule has 0 aliphatic carbocycles. The minimum atomic E-state index is -4.42. The molecule has 7 heteroatoms. The Balaban J connectivity index is 2.93. The molecule has 0 saturated carbocycles. The molecule has 0 saturated heterocycles. The van der Waals surface area contributed by atoms with Crippen molar-refractivity contribution in [1.29, 1.82) is 0 Å². The Bertz CT molecular complexity index is 552. The third kappa shape index (κ3) is 4.45. The molecular formula is C12H10F3N3O.